The van der Waals surface area contributed by atoms with Crippen molar-refractivity contribution in [1.82, 2.24) is 0 Å². The Labute approximate surface area is 99.6 Å². The Morgan fingerprint density at radius 3 is 2.27 bits per heavy atom. The maximum atomic E-state index is 9.85. The Kier molecular flexibility index (Phi) is 4.17. The average molecular weight is 272 g/mol. The molecule has 0 aliphatic heterocycles. The van der Waals surface area contributed by atoms with E-state index in [-0.39, 0.29) is 0 Å². The maximum absolute atomic E-state index is 9.85. The molecule has 0 aromatic heterocycles. The fourth-order valence-corrected chi connectivity index (χ4v) is 2.35. The summed E-state index contributed by atoms with van der Waals surface area (Å²) in [6, 6.07) is 0. The van der Waals surface area contributed by atoms with Crippen LogP contribution in [0, 0.1) is 20.8 Å². The molecule has 1 rings (SSSR count). The molecule has 0 spiro atoms. The normalized spacial score (nSPS) is 10.7. The fourth-order valence-electron chi connectivity index (χ4n) is 1.81. The largest absolute Gasteiger partial charge is 0.506 e. The number of hydrogen-bond donors (Lipinski definition) is 2. The van der Waals surface area contributed by atoms with Gasteiger partial charge in [-0.2, -0.15) is 0 Å². The fraction of sp³-hybridized carbons (Fsp3) is 0.500. The average Bonchev–Trinajstić information content (AvgIpc) is 2.24. The lowest BCUT2D eigenvalue weighted by Crippen LogP contribution is -2.04. The van der Waals surface area contributed by atoms with Crippen LogP contribution in [0.25, 0.3) is 0 Å². The van der Waals surface area contributed by atoms with Crippen LogP contribution in [0.3, 0.4) is 0 Å². The van der Waals surface area contributed by atoms with Gasteiger partial charge >= 0.3 is 0 Å². The van der Waals surface area contributed by atoms with E-state index < -0.39 is 0 Å². The zero-order valence-electron chi connectivity index (χ0n) is 9.52. The number of halogens is 1. The van der Waals surface area contributed by atoms with Crippen LogP contribution in [0.5, 0.6) is 5.75 Å². The lowest BCUT2D eigenvalue weighted by molar-refractivity contribution is 0.466. The first-order chi connectivity index (χ1) is 7.00. The molecule has 0 atom stereocenters. The van der Waals surface area contributed by atoms with Gasteiger partial charge in [-0.25, -0.2) is 0 Å². The highest BCUT2D eigenvalue weighted by Crippen LogP contribution is 2.36. The van der Waals surface area contributed by atoms with Crippen LogP contribution < -0.4 is 5.73 Å². The Morgan fingerprint density at radius 2 is 1.73 bits per heavy atom. The predicted octanol–water partition coefficient (Wildman–Crippen LogP) is 2.97. The number of nitrogens with two attached hydrogens (primary N) is 1. The smallest absolute Gasteiger partial charge is 0.133 e. The maximum Gasteiger partial charge on any atom is 0.133 e. The Hall–Kier alpha value is -0.540. The van der Waals surface area contributed by atoms with Gasteiger partial charge < -0.3 is 10.8 Å². The van der Waals surface area contributed by atoms with E-state index in [2.05, 4.69) is 22.9 Å². The molecule has 2 nitrogen and oxygen atoms in total. The number of phenols is 1. The third kappa shape index (κ3) is 2.34. The molecule has 0 fully saturated rings. The SMILES string of the molecule is Cc1c(C)c(CCCN)c(C)c(Br)c1O. The highest BCUT2D eigenvalue weighted by molar-refractivity contribution is 9.10. The minimum atomic E-state index is 0.362. The van der Waals surface area contributed by atoms with Crippen molar-refractivity contribution >= 4 is 15.9 Å². The standard InChI is InChI=1S/C12H18BrNO/c1-7-8(2)12(15)11(13)9(3)10(7)5-4-6-14/h15H,4-6,14H2,1-3H3. The van der Waals surface area contributed by atoms with Crippen LogP contribution in [0.2, 0.25) is 0 Å². The molecule has 0 heterocycles. The van der Waals surface area contributed by atoms with E-state index >= 15 is 0 Å². The molecule has 0 saturated carbocycles. The van der Waals surface area contributed by atoms with Crippen molar-refractivity contribution in [3.63, 3.8) is 0 Å². The van der Waals surface area contributed by atoms with Crippen molar-refractivity contribution in [2.24, 2.45) is 5.73 Å². The second kappa shape index (κ2) is 4.99. The molecular weight excluding hydrogens is 254 g/mol. The summed E-state index contributed by atoms with van der Waals surface area (Å²) in [4.78, 5) is 0. The highest BCUT2D eigenvalue weighted by atomic mass is 79.9. The second-order valence-electron chi connectivity index (χ2n) is 3.91. The summed E-state index contributed by atoms with van der Waals surface area (Å²) in [5.41, 5.74) is 10.1. The van der Waals surface area contributed by atoms with E-state index in [0.29, 0.717) is 12.3 Å². The second-order valence-corrected chi connectivity index (χ2v) is 4.70. The van der Waals surface area contributed by atoms with Gasteiger partial charge in [0, 0.05) is 0 Å². The van der Waals surface area contributed by atoms with Crippen LogP contribution in [0.15, 0.2) is 4.47 Å². The molecule has 1 aromatic rings. The number of hydrogen-bond acceptors (Lipinski definition) is 2. The molecule has 15 heavy (non-hydrogen) atoms. The van der Waals surface area contributed by atoms with Crippen molar-refractivity contribution in [1.29, 1.82) is 0 Å². The number of benzene rings is 1. The van der Waals surface area contributed by atoms with Crippen LogP contribution in [0.4, 0.5) is 0 Å². The van der Waals surface area contributed by atoms with Gasteiger partial charge in [0.1, 0.15) is 5.75 Å². The monoisotopic (exact) mass is 271 g/mol. The van der Waals surface area contributed by atoms with Gasteiger partial charge in [0.25, 0.3) is 0 Å². The van der Waals surface area contributed by atoms with E-state index in [0.717, 1.165) is 28.4 Å². The first-order valence-electron chi connectivity index (χ1n) is 5.17. The molecule has 3 heteroatoms. The van der Waals surface area contributed by atoms with Gasteiger partial charge in [0.2, 0.25) is 0 Å². The minimum Gasteiger partial charge on any atom is -0.506 e. The van der Waals surface area contributed by atoms with Gasteiger partial charge in [0.15, 0.2) is 0 Å². The summed E-state index contributed by atoms with van der Waals surface area (Å²) in [5.74, 6) is 0.362. The van der Waals surface area contributed by atoms with Gasteiger partial charge in [-0.05, 0) is 78.3 Å². The Balaban J connectivity index is 3.26. The molecular formula is C12H18BrNO. The molecule has 0 aliphatic rings. The summed E-state index contributed by atoms with van der Waals surface area (Å²) in [7, 11) is 0. The van der Waals surface area contributed by atoms with Crippen molar-refractivity contribution in [3.8, 4) is 5.75 Å². The lowest BCUT2D eigenvalue weighted by atomic mass is 9.94. The quantitative estimate of drug-likeness (QED) is 0.888. The van der Waals surface area contributed by atoms with E-state index in [1.54, 1.807) is 0 Å². The molecule has 1 aromatic carbocycles. The summed E-state index contributed by atoms with van der Waals surface area (Å²) in [6.45, 7) is 6.74. The van der Waals surface area contributed by atoms with Gasteiger partial charge in [-0.1, -0.05) is 0 Å². The van der Waals surface area contributed by atoms with Crippen molar-refractivity contribution in [2.75, 3.05) is 6.54 Å². The number of rotatable bonds is 3. The zero-order chi connectivity index (χ0) is 11.6. The summed E-state index contributed by atoms with van der Waals surface area (Å²) < 4.78 is 0.817. The topological polar surface area (TPSA) is 46.2 Å². The van der Waals surface area contributed by atoms with Gasteiger partial charge in [-0.15, -0.1) is 0 Å². The van der Waals surface area contributed by atoms with Crippen LogP contribution in [-0.2, 0) is 6.42 Å². The van der Waals surface area contributed by atoms with E-state index in [1.807, 2.05) is 13.8 Å². The number of phenolic OH excluding ortho intramolecular Hbond substituents is 1. The minimum absolute atomic E-state index is 0.362. The highest BCUT2D eigenvalue weighted by Gasteiger charge is 2.14. The molecule has 84 valence electrons. The molecule has 0 bridgehead atoms. The summed E-state index contributed by atoms with van der Waals surface area (Å²) in [6.07, 6.45) is 1.96. The van der Waals surface area contributed by atoms with E-state index in [4.69, 9.17) is 5.73 Å². The summed E-state index contributed by atoms with van der Waals surface area (Å²) in [5, 5.41) is 9.85. The molecule has 3 N–H and O–H groups in total. The molecule has 0 unspecified atom stereocenters. The van der Waals surface area contributed by atoms with Crippen molar-refractivity contribution in [3.05, 3.63) is 26.7 Å². The number of aromatic hydroxyl groups is 1. The van der Waals surface area contributed by atoms with Crippen LogP contribution in [-0.4, -0.2) is 11.7 Å². The summed E-state index contributed by atoms with van der Waals surface area (Å²) >= 11 is 3.43. The van der Waals surface area contributed by atoms with Crippen molar-refractivity contribution < 1.29 is 5.11 Å². The van der Waals surface area contributed by atoms with Crippen LogP contribution >= 0.6 is 15.9 Å². The Morgan fingerprint density at radius 1 is 1.13 bits per heavy atom. The zero-order valence-corrected chi connectivity index (χ0v) is 11.1. The lowest BCUT2D eigenvalue weighted by Gasteiger charge is -2.16. The van der Waals surface area contributed by atoms with E-state index in [9.17, 15) is 5.11 Å². The van der Waals surface area contributed by atoms with Gasteiger partial charge in [-0.3, -0.25) is 0 Å². The molecule has 0 radical (unpaired) electrons. The van der Waals surface area contributed by atoms with Crippen molar-refractivity contribution in [2.45, 2.75) is 33.6 Å². The third-order valence-corrected chi connectivity index (χ3v) is 3.96. The van der Waals surface area contributed by atoms with Crippen LogP contribution in [0.1, 0.15) is 28.7 Å². The molecule has 0 aliphatic carbocycles. The molecule has 0 saturated heterocycles. The molecule has 0 amide bonds. The predicted molar refractivity (Wildman–Crippen MR) is 67.4 cm³/mol. The Bertz CT molecular complexity index is 345. The first-order valence-corrected chi connectivity index (χ1v) is 5.97. The van der Waals surface area contributed by atoms with Gasteiger partial charge in [0.05, 0.1) is 4.47 Å². The first kappa shape index (κ1) is 12.5. The third-order valence-electron chi connectivity index (χ3n) is 2.99. The van der Waals surface area contributed by atoms with E-state index in [1.165, 1.54) is 11.1 Å².